The van der Waals surface area contributed by atoms with E-state index >= 15 is 0 Å². The molecule has 5 atom stereocenters. The fraction of sp³-hybridized carbons (Fsp3) is 0.654. The first-order chi connectivity index (χ1) is 18.5. The molecule has 220 valence electrons. The van der Waals surface area contributed by atoms with Crippen LogP contribution in [0.15, 0.2) is 29.8 Å². The third-order valence-electron chi connectivity index (χ3n) is 6.86. The van der Waals surface area contributed by atoms with Crippen LogP contribution in [0.3, 0.4) is 0 Å². The predicted molar refractivity (Wildman–Crippen MR) is 139 cm³/mol. The zero-order valence-electron chi connectivity index (χ0n) is 22.1. The van der Waals surface area contributed by atoms with Gasteiger partial charge in [0, 0.05) is 6.42 Å². The number of hydrogen-bond donors (Lipinski definition) is 5. The van der Waals surface area contributed by atoms with Crippen LogP contribution in [0.5, 0.6) is 0 Å². The van der Waals surface area contributed by atoms with Gasteiger partial charge in [-0.05, 0) is 56.0 Å². The monoisotopic (exact) mass is 575 g/mol. The van der Waals surface area contributed by atoms with Crippen molar-refractivity contribution in [2.24, 2.45) is 0 Å². The second-order valence-corrected chi connectivity index (χ2v) is 11.6. The van der Waals surface area contributed by atoms with Gasteiger partial charge in [0.25, 0.3) is 0 Å². The molecule has 11 nitrogen and oxygen atoms in total. The first-order valence-electron chi connectivity index (χ1n) is 13.1. The van der Waals surface area contributed by atoms with Gasteiger partial charge in [-0.1, -0.05) is 19.8 Å². The maximum Gasteiger partial charge on any atom is 0.335 e. The molecular formula is C26H38FNO10S. The van der Waals surface area contributed by atoms with Crippen molar-refractivity contribution >= 4 is 21.7 Å². The molecule has 1 aromatic rings. The van der Waals surface area contributed by atoms with E-state index in [1.165, 1.54) is 12.1 Å². The molecule has 1 aromatic carbocycles. The number of aliphatic hydroxyl groups is 4. The fourth-order valence-corrected chi connectivity index (χ4v) is 6.46. The molecule has 0 bridgehead atoms. The van der Waals surface area contributed by atoms with Crippen LogP contribution < -0.4 is 4.72 Å². The number of esters is 1. The van der Waals surface area contributed by atoms with Crippen LogP contribution >= 0.6 is 0 Å². The van der Waals surface area contributed by atoms with Crippen molar-refractivity contribution in [1.29, 1.82) is 0 Å². The lowest BCUT2D eigenvalue weighted by molar-refractivity contribution is -0.164. The largest absolute Gasteiger partial charge is 0.463 e. The molecule has 1 saturated heterocycles. The molecule has 1 heterocycles. The van der Waals surface area contributed by atoms with Crippen molar-refractivity contribution in [3.05, 3.63) is 41.2 Å². The summed E-state index contributed by atoms with van der Waals surface area (Å²) in [6, 6.07) is 3.78. The van der Waals surface area contributed by atoms with Crippen LogP contribution in [0.4, 0.5) is 10.1 Å². The summed E-state index contributed by atoms with van der Waals surface area (Å²) in [6.07, 6.45) is -1.59. The van der Waals surface area contributed by atoms with Crippen LogP contribution in [0, 0.1) is 5.82 Å². The molecule has 1 aliphatic heterocycles. The molecule has 13 heteroatoms. The molecule has 39 heavy (non-hydrogen) atoms. The second kappa shape index (κ2) is 13.5. The second-order valence-electron chi connectivity index (χ2n) is 9.73. The molecule has 1 aliphatic carbocycles. The summed E-state index contributed by atoms with van der Waals surface area (Å²) in [5, 5.41) is 37.9. The first-order valence-corrected chi connectivity index (χ1v) is 14.7. The lowest BCUT2D eigenvalue weighted by atomic mass is 9.94. The maximum absolute atomic E-state index is 14.0. The van der Waals surface area contributed by atoms with E-state index < -0.39 is 70.5 Å². The molecule has 0 radical (unpaired) electrons. The number of halogens is 1. The SMILES string of the molecule is CCCCCc1cc(F)ccc1NS(=O)(=O)C1CCC2(C=C1C(=O)OCC)O[C@H]([C@H](O)CO)[C@@H]([C@H](O)CO)O2. The minimum atomic E-state index is -4.26. The Hall–Kier alpha value is -2.13. The Labute approximate surface area is 227 Å². The summed E-state index contributed by atoms with van der Waals surface area (Å²) in [7, 11) is -4.26. The van der Waals surface area contributed by atoms with Crippen LogP contribution in [0.25, 0.3) is 0 Å². The molecule has 1 fully saturated rings. The summed E-state index contributed by atoms with van der Waals surface area (Å²) in [5.41, 5.74) is 0.424. The standard InChI is InChI=1S/C26H38FNO10S/c1-3-5-6-7-16-12-17(27)8-9-19(16)28-39(34,35)22-10-11-26(13-18(22)25(33)36-4-2)37-23(20(31)14-29)24(38-26)21(32)15-30/h8-9,12-13,20-24,28-32H,3-7,10-11,14-15H2,1-2H3/t20-,21-,22?,23-,24-/m1/s1. The van der Waals surface area contributed by atoms with Gasteiger partial charge in [0.15, 0.2) is 5.79 Å². The molecule has 0 aromatic heterocycles. The average Bonchev–Trinajstić information content (AvgIpc) is 3.27. The number of aliphatic hydroxyl groups excluding tert-OH is 4. The fourth-order valence-electron chi connectivity index (χ4n) is 4.89. The van der Waals surface area contributed by atoms with Crippen LogP contribution in [-0.4, -0.2) is 90.1 Å². The Bertz CT molecular complexity index is 1110. The van der Waals surface area contributed by atoms with E-state index in [0.29, 0.717) is 12.0 Å². The summed E-state index contributed by atoms with van der Waals surface area (Å²) < 4.78 is 60.5. The molecule has 0 amide bonds. The molecule has 1 unspecified atom stereocenters. The lowest BCUT2D eigenvalue weighted by Crippen LogP contribution is -2.45. The van der Waals surface area contributed by atoms with Gasteiger partial charge in [0.2, 0.25) is 10.0 Å². The summed E-state index contributed by atoms with van der Waals surface area (Å²) in [4.78, 5) is 13.0. The number of anilines is 1. The summed E-state index contributed by atoms with van der Waals surface area (Å²) >= 11 is 0. The van der Waals surface area contributed by atoms with Crippen LogP contribution in [0.1, 0.15) is 51.5 Å². The third kappa shape index (κ3) is 7.34. The van der Waals surface area contributed by atoms with Gasteiger partial charge in [0.05, 0.1) is 31.1 Å². The predicted octanol–water partition coefficient (Wildman–Crippen LogP) is 1.14. The Morgan fingerprint density at radius 3 is 2.36 bits per heavy atom. The highest BCUT2D eigenvalue weighted by atomic mass is 32.2. The van der Waals surface area contributed by atoms with Crippen molar-refractivity contribution in [2.45, 2.75) is 87.8 Å². The number of rotatable bonds is 13. The van der Waals surface area contributed by atoms with E-state index in [4.69, 9.17) is 14.2 Å². The van der Waals surface area contributed by atoms with Gasteiger partial charge in [-0.25, -0.2) is 17.6 Å². The molecule has 5 N–H and O–H groups in total. The Kier molecular flexibility index (Phi) is 10.9. The van der Waals surface area contributed by atoms with Gasteiger partial charge in [-0.2, -0.15) is 0 Å². The number of nitrogens with one attached hydrogen (secondary N) is 1. The lowest BCUT2D eigenvalue weighted by Gasteiger charge is -2.34. The number of benzene rings is 1. The number of carbonyl (C=O) groups excluding carboxylic acids is 1. The highest BCUT2D eigenvalue weighted by Crippen LogP contribution is 2.43. The topological polar surface area (TPSA) is 172 Å². The number of aryl methyl sites for hydroxylation is 1. The Morgan fingerprint density at radius 2 is 1.79 bits per heavy atom. The normalized spacial score (nSPS) is 24.3. The molecule has 1 spiro atoms. The van der Waals surface area contributed by atoms with Crippen LogP contribution in [-0.2, 0) is 35.4 Å². The van der Waals surface area contributed by atoms with Gasteiger partial charge < -0.3 is 34.6 Å². The Morgan fingerprint density at radius 1 is 1.15 bits per heavy atom. The minimum absolute atomic E-state index is 0.0394. The van der Waals surface area contributed by atoms with Gasteiger partial charge in [-0.15, -0.1) is 0 Å². The van der Waals surface area contributed by atoms with Crippen molar-refractivity contribution < 1.29 is 52.2 Å². The Balaban J connectivity index is 1.96. The first kappa shape index (κ1) is 31.4. The summed E-state index contributed by atoms with van der Waals surface area (Å²) in [5.74, 6) is -3.14. The van der Waals surface area contributed by atoms with E-state index in [9.17, 15) is 38.0 Å². The van der Waals surface area contributed by atoms with Gasteiger partial charge in [-0.3, -0.25) is 4.72 Å². The smallest absolute Gasteiger partial charge is 0.335 e. The third-order valence-corrected chi connectivity index (χ3v) is 8.60. The van der Waals surface area contributed by atoms with Gasteiger partial charge >= 0.3 is 5.97 Å². The number of ether oxygens (including phenoxy) is 3. The van der Waals surface area contributed by atoms with E-state index in [0.717, 1.165) is 31.4 Å². The highest BCUT2D eigenvalue weighted by molar-refractivity contribution is 7.93. The van der Waals surface area contributed by atoms with Crippen molar-refractivity contribution in [2.75, 3.05) is 24.5 Å². The van der Waals surface area contributed by atoms with Crippen molar-refractivity contribution in [3.8, 4) is 0 Å². The molecule has 2 aliphatic rings. The quantitative estimate of drug-likeness (QED) is 0.170. The number of carbonyl (C=O) groups is 1. The molecule has 0 saturated carbocycles. The average molecular weight is 576 g/mol. The van der Waals surface area contributed by atoms with Crippen molar-refractivity contribution in [1.82, 2.24) is 0 Å². The van der Waals surface area contributed by atoms with Crippen molar-refractivity contribution in [3.63, 3.8) is 0 Å². The van der Waals surface area contributed by atoms with E-state index in [1.807, 2.05) is 6.92 Å². The number of sulfonamides is 1. The number of unbranched alkanes of at least 4 members (excludes halogenated alkanes) is 2. The minimum Gasteiger partial charge on any atom is -0.463 e. The zero-order chi connectivity index (χ0) is 28.8. The molecule has 3 rings (SSSR count). The van der Waals surface area contributed by atoms with Crippen LogP contribution in [0.2, 0.25) is 0 Å². The number of hydrogen-bond acceptors (Lipinski definition) is 10. The van der Waals surface area contributed by atoms with Gasteiger partial charge in [0.1, 0.15) is 35.5 Å². The zero-order valence-corrected chi connectivity index (χ0v) is 22.9. The van der Waals surface area contributed by atoms with E-state index in [1.54, 1.807) is 6.92 Å². The summed E-state index contributed by atoms with van der Waals surface area (Å²) in [6.45, 7) is 2.08. The highest BCUT2D eigenvalue weighted by Gasteiger charge is 2.55. The molecular weight excluding hydrogens is 537 g/mol. The van der Waals surface area contributed by atoms with E-state index in [-0.39, 0.29) is 30.7 Å². The maximum atomic E-state index is 14.0. The van der Waals surface area contributed by atoms with E-state index in [2.05, 4.69) is 4.72 Å².